The molecule has 1 heterocycles. The molecule has 23 heavy (non-hydrogen) atoms. The SMILES string of the molecule is COCCNC(=O)c1ccc(Nc2ccc(N(C)C)cc2)cn1. The fourth-order valence-corrected chi connectivity index (χ4v) is 1.97. The molecule has 2 rings (SSSR count). The Bertz CT molecular complexity index is 624. The molecule has 0 unspecified atom stereocenters. The predicted molar refractivity (Wildman–Crippen MR) is 92.5 cm³/mol. The number of pyridine rings is 1. The number of carbonyl (C=O) groups is 1. The van der Waals surface area contributed by atoms with Crippen molar-refractivity contribution in [1.29, 1.82) is 0 Å². The summed E-state index contributed by atoms with van der Waals surface area (Å²) < 4.78 is 4.89. The molecule has 6 heteroatoms. The smallest absolute Gasteiger partial charge is 0.269 e. The number of nitrogens with one attached hydrogen (secondary N) is 2. The zero-order valence-corrected chi connectivity index (χ0v) is 13.7. The summed E-state index contributed by atoms with van der Waals surface area (Å²) in [6.07, 6.45) is 1.64. The third-order valence-corrected chi connectivity index (χ3v) is 3.26. The maximum Gasteiger partial charge on any atom is 0.269 e. The van der Waals surface area contributed by atoms with Gasteiger partial charge < -0.3 is 20.3 Å². The number of nitrogens with zero attached hydrogens (tertiary/aromatic N) is 2. The van der Waals surface area contributed by atoms with E-state index in [2.05, 4.69) is 15.6 Å². The summed E-state index contributed by atoms with van der Waals surface area (Å²) in [6, 6.07) is 11.6. The first-order valence-electron chi connectivity index (χ1n) is 7.38. The summed E-state index contributed by atoms with van der Waals surface area (Å²) in [7, 11) is 5.60. The second kappa shape index (κ2) is 8.14. The second-order valence-corrected chi connectivity index (χ2v) is 5.25. The second-order valence-electron chi connectivity index (χ2n) is 5.25. The molecule has 0 aliphatic heterocycles. The Balaban J connectivity index is 1.95. The number of aromatic nitrogens is 1. The van der Waals surface area contributed by atoms with Crippen molar-refractivity contribution in [2.75, 3.05) is 44.6 Å². The minimum absolute atomic E-state index is 0.205. The van der Waals surface area contributed by atoms with Gasteiger partial charge in [-0.1, -0.05) is 0 Å². The third-order valence-electron chi connectivity index (χ3n) is 3.26. The van der Waals surface area contributed by atoms with Crippen LogP contribution in [0.15, 0.2) is 42.6 Å². The number of hydrogen-bond acceptors (Lipinski definition) is 5. The van der Waals surface area contributed by atoms with E-state index in [1.807, 2.05) is 49.3 Å². The van der Waals surface area contributed by atoms with Gasteiger partial charge in [-0.2, -0.15) is 0 Å². The molecule has 0 fully saturated rings. The van der Waals surface area contributed by atoms with Gasteiger partial charge in [0.25, 0.3) is 5.91 Å². The van der Waals surface area contributed by atoms with Gasteiger partial charge in [-0.15, -0.1) is 0 Å². The number of ether oxygens (including phenoxy) is 1. The minimum atomic E-state index is -0.205. The van der Waals surface area contributed by atoms with Gasteiger partial charge in [0.05, 0.1) is 18.5 Å². The molecule has 0 bridgehead atoms. The van der Waals surface area contributed by atoms with Crippen LogP contribution in [0.1, 0.15) is 10.5 Å². The van der Waals surface area contributed by atoms with E-state index < -0.39 is 0 Å². The van der Waals surface area contributed by atoms with E-state index in [4.69, 9.17) is 4.74 Å². The monoisotopic (exact) mass is 314 g/mol. The highest BCUT2D eigenvalue weighted by Gasteiger charge is 2.06. The van der Waals surface area contributed by atoms with Gasteiger partial charge in [-0.05, 0) is 36.4 Å². The number of benzene rings is 1. The van der Waals surface area contributed by atoms with Crippen LogP contribution in [0.4, 0.5) is 17.1 Å². The lowest BCUT2D eigenvalue weighted by atomic mass is 10.2. The van der Waals surface area contributed by atoms with Gasteiger partial charge in [-0.25, -0.2) is 4.98 Å². The zero-order valence-electron chi connectivity index (χ0n) is 13.7. The highest BCUT2D eigenvalue weighted by Crippen LogP contribution is 2.19. The molecular weight excluding hydrogens is 292 g/mol. The topological polar surface area (TPSA) is 66.5 Å². The molecule has 1 aromatic heterocycles. The van der Waals surface area contributed by atoms with Crippen LogP contribution in [0, 0.1) is 0 Å². The van der Waals surface area contributed by atoms with Gasteiger partial charge in [-0.3, -0.25) is 4.79 Å². The van der Waals surface area contributed by atoms with Crippen LogP contribution in [-0.4, -0.2) is 45.2 Å². The molecule has 0 saturated carbocycles. The van der Waals surface area contributed by atoms with Crippen LogP contribution in [0.3, 0.4) is 0 Å². The normalized spacial score (nSPS) is 10.2. The van der Waals surface area contributed by atoms with E-state index >= 15 is 0 Å². The van der Waals surface area contributed by atoms with Crippen molar-refractivity contribution in [2.45, 2.75) is 0 Å². The lowest BCUT2D eigenvalue weighted by Gasteiger charge is -2.13. The Kier molecular flexibility index (Phi) is 5.94. The Hall–Kier alpha value is -2.60. The van der Waals surface area contributed by atoms with Crippen molar-refractivity contribution < 1.29 is 9.53 Å². The Morgan fingerprint density at radius 1 is 1.13 bits per heavy atom. The summed E-state index contributed by atoms with van der Waals surface area (Å²) in [5.74, 6) is -0.205. The van der Waals surface area contributed by atoms with Crippen LogP contribution in [0.25, 0.3) is 0 Å². The molecule has 2 aromatic rings. The summed E-state index contributed by atoms with van der Waals surface area (Å²) in [5.41, 5.74) is 3.32. The Morgan fingerprint density at radius 3 is 2.39 bits per heavy atom. The standard InChI is InChI=1S/C17H22N4O2/c1-21(2)15-7-4-13(5-8-15)20-14-6-9-16(19-12-14)17(22)18-10-11-23-3/h4-9,12,20H,10-11H2,1-3H3,(H,18,22). The van der Waals surface area contributed by atoms with Gasteiger partial charge in [0.1, 0.15) is 5.69 Å². The minimum Gasteiger partial charge on any atom is -0.383 e. The number of methoxy groups -OCH3 is 1. The molecule has 122 valence electrons. The first-order valence-corrected chi connectivity index (χ1v) is 7.38. The third kappa shape index (κ3) is 4.96. The van der Waals surface area contributed by atoms with Crippen LogP contribution >= 0.6 is 0 Å². The fourth-order valence-electron chi connectivity index (χ4n) is 1.97. The molecule has 0 atom stereocenters. The van der Waals surface area contributed by atoms with Crippen LogP contribution in [0.2, 0.25) is 0 Å². The summed E-state index contributed by atoms with van der Waals surface area (Å²) in [5, 5.41) is 5.99. The van der Waals surface area contributed by atoms with Gasteiger partial charge >= 0.3 is 0 Å². The molecule has 0 saturated heterocycles. The Labute approximate surface area is 136 Å². The lowest BCUT2D eigenvalue weighted by molar-refractivity contribution is 0.0932. The van der Waals surface area contributed by atoms with Gasteiger partial charge in [0.15, 0.2) is 0 Å². The molecule has 2 N–H and O–H groups in total. The number of anilines is 3. The summed E-state index contributed by atoms with van der Waals surface area (Å²) in [4.78, 5) is 18.1. The van der Waals surface area contributed by atoms with E-state index in [-0.39, 0.29) is 5.91 Å². The molecule has 0 aliphatic rings. The Morgan fingerprint density at radius 2 is 1.83 bits per heavy atom. The highest BCUT2D eigenvalue weighted by molar-refractivity contribution is 5.92. The largest absolute Gasteiger partial charge is 0.383 e. The van der Waals surface area contributed by atoms with Crippen molar-refractivity contribution in [3.63, 3.8) is 0 Å². The maximum absolute atomic E-state index is 11.8. The molecule has 0 radical (unpaired) electrons. The van der Waals surface area contributed by atoms with E-state index in [0.717, 1.165) is 17.1 Å². The lowest BCUT2D eigenvalue weighted by Crippen LogP contribution is -2.27. The molecule has 1 amide bonds. The average Bonchev–Trinajstić information content (AvgIpc) is 2.56. The molecular formula is C17H22N4O2. The van der Waals surface area contributed by atoms with Gasteiger partial charge in [0, 0.05) is 39.1 Å². The molecule has 1 aromatic carbocycles. The average molecular weight is 314 g/mol. The number of amides is 1. The van der Waals surface area contributed by atoms with Crippen molar-refractivity contribution in [1.82, 2.24) is 10.3 Å². The number of hydrogen-bond donors (Lipinski definition) is 2. The first kappa shape index (κ1) is 16.8. The van der Waals surface area contributed by atoms with E-state index in [9.17, 15) is 4.79 Å². The zero-order chi connectivity index (χ0) is 16.7. The van der Waals surface area contributed by atoms with Crippen molar-refractivity contribution >= 4 is 23.0 Å². The van der Waals surface area contributed by atoms with Crippen LogP contribution in [-0.2, 0) is 4.74 Å². The van der Waals surface area contributed by atoms with E-state index in [0.29, 0.717) is 18.8 Å². The highest BCUT2D eigenvalue weighted by atomic mass is 16.5. The summed E-state index contributed by atoms with van der Waals surface area (Å²) in [6.45, 7) is 0.948. The molecule has 0 spiro atoms. The number of rotatable bonds is 7. The molecule has 0 aliphatic carbocycles. The quantitative estimate of drug-likeness (QED) is 0.768. The van der Waals surface area contributed by atoms with E-state index in [1.165, 1.54) is 0 Å². The van der Waals surface area contributed by atoms with Gasteiger partial charge in [0.2, 0.25) is 0 Å². The van der Waals surface area contributed by atoms with Crippen molar-refractivity contribution in [2.24, 2.45) is 0 Å². The van der Waals surface area contributed by atoms with E-state index in [1.54, 1.807) is 19.4 Å². The van der Waals surface area contributed by atoms with Crippen molar-refractivity contribution in [3.8, 4) is 0 Å². The predicted octanol–water partition coefficient (Wildman–Crippen LogP) is 2.27. The molecule has 6 nitrogen and oxygen atoms in total. The van der Waals surface area contributed by atoms with Crippen LogP contribution < -0.4 is 15.5 Å². The summed E-state index contributed by atoms with van der Waals surface area (Å²) >= 11 is 0. The van der Waals surface area contributed by atoms with Crippen LogP contribution in [0.5, 0.6) is 0 Å². The fraction of sp³-hybridized carbons (Fsp3) is 0.294. The van der Waals surface area contributed by atoms with Crippen molar-refractivity contribution in [3.05, 3.63) is 48.3 Å². The number of carbonyl (C=O) groups excluding carboxylic acids is 1. The maximum atomic E-state index is 11.8. The first-order chi connectivity index (χ1) is 11.1.